The minimum absolute atomic E-state index is 0.153. The third kappa shape index (κ3) is 1.69. The molecule has 1 aromatic rings. The van der Waals surface area contributed by atoms with E-state index >= 15 is 0 Å². The van der Waals surface area contributed by atoms with E-state index in [1.165, 1.54) is 6.33 Å². The minimum Gasteiger partial charge on any atom is -0.340 e. The van der Waals surface area contributed by atoms with Crippen LogP contribution in [0.4, 0.5) is 0 Å². The van der Waals surface area contributed by atoms with E-state index in [-0.39, 0.29) is 5.91 Å². The second-order valence-electron chi connectivity index (χ2n) is 4.57. The third-order valence-corrected chi connectivity index (χ3v) is 3.51. The van der Waals surface area contributed by atoms with Gasteiger partial charge in [-0.15, -0.1) is 0 Å². The fourth-order valence-electron chi connectivity index (χ4n) is 2.61. The lowest BCUT2D eigenvalue weighted by Gasteiger charge is -2.17. The number of hydrogen-bond acceptors (Lipinski definition) is 4. The normalized spacial score (nSPS) is 28.4. The van der Waals surface area contributed by atoms with Gasteiger partial charge in [-0.1, -0.05) is 0 Å². The largest absolute Gasteiger partial charge is 0.340 e. The second-order valence-corrected chi connectivity index (χ2v) is 4.57. The van der Waals surface area contributed by atoms with Gasteiger partial charge in [-0.2, -0.15) is 5.10 Å². The fraction of sp³-hybridized carbons (Fsp3) is 0.700. The highest BCUT2D eigenvalue weighted by atomic mass is 16.2. The zero-order valence-electron chi connectivity index (χ0n) is 9.04. The summed E-state index contributed by atoms with van der Waals surface area (Å²) in [6.45, 7) is 4.21. The van der Waals surface area contributed by atoms with Gasteiger partial charge in [0.15, 0.2) is 0 Å². The Kier molecular flexibility index (Phi) is 2.36. The van der Waals surface area contributed by atoms with Crippen molar-refractivity contribution in [3.05, 3.63) is 12.7 Å². The van der Waals surface area contributed by atoms with Crippen LogP contribution < -0.4 is 5.32 Å². The van der Waals surface area contributed by atoms with Crippen LogP contribution in [-0.4, -0.2) is 51.8 Å². The first-order chi connectivity index (χ1) is 7.83. The van der Waals surface area contributed by atoms with Crippen LogP contribution in [-0.2, 0) is 11.3 Å². The number of amides is 1. The van der Waals surface area contributed by atoms with E-state index in [9.17, 15) is 4.79 Å². The first kappa shape index (κ1) is 9.77. The number of fused-ring (bicyclic) bond motifs is 1. The molecule has 0 aromatic carbocycles. The molecule has 86 valence electrons. The van der Waals surface area contributed by atoms with Gasteiger partial charge >= 0.3 is 0 Å². The summed E-state index contributed by atoms with van der Waals surface area (Å²) in [4.78, 5) is 17.7. The Hall–Kier alpha value is -1.43. The molecule has 0 aliphatic carbocycles. The maximum Gasteiger partial charge on any atom is 0.244 e. The van der Waals surface area contributed by atoms with Crippen molar-refractivity contribution in [2.75, 3.05) is 26.2 Å². The smallest absolute Gasteiger partial charge is 0.244 e. The zero-order chi connectivity index (χ0) is 11.0. The molecule has 1 aromatic heterocycles. The predicted octanol–water partition coefficient (Wildman–Crippen LogP) is -1.04. The van der Waals surface area contributed by atoms with E-state index in [1.807, 2.05) is 4.90 Å². The van der Waals surface area contributed by atoms with Gasteiger partial charge in [-0.05, 0) is 11.8 Å². The summed E-state index contributed by atoms with van der Waals surface area (Å²) < 4.78 is 1.58. The van der Waals surface area contributed by atoms with Crippen molar-refractivity contribution < 1.29 is 4.79 Å². The van der Waals surface area contributed by atoms with E-state index in [2.05, 4.69) is 15.4 Å². The molecule has 0 saturated carbocycles. The average Bonchev–Trinajstić information content (AvgIpc) is 2.91. The highest BCUT2D eigenvalue weighted by molar-refractivity contribution is 5.76. The van der Waals surface area contributed by atoms with Crippen molar-refractivity contribution >= 4 is 5.91 Å². The number of carbonyl (C=O) groups is 1. The molecule has 1 N–H and O–H groups in total. The summed E-state index contributed by atoms with van der Waals surface area (Å²) in [6.07, 6.45) is 3.03. The molecule has 2 unspecified atom stereocenters. The quantitative estimate of drug-likeness (QED) is 0.692. The van der Waals surface area contributed by atoms with Gasteiger partial charge in [0.1, 0.15) is 19.2 Å². The Balaban J connectivity index is 1.60. The molecule has 0 bridgehead atoms. The Morgan fingerprint density at radius 1 is 1.38 bits per heavy atom. The van der Waals surface area contributed by atoms with Crippen molar-refractivity contribution in [3.63, 3.8) is 0 Å². The maximum atomic E-state index is 12.0. The van der Waals surface area contributed by atoms with Gasteiger partial charge < -0.3 is 10.2 Å². The van der Waals surface area contributed by atoms with Gasteiger partial charge in [-0.3, -0.25) is 4.79 Å². The molecular formula is C10H15N5O. The SMILES string of the molecule is O=C(Cn1cncn1)N1CC2CNCC2C1. The van der Waals surface area contributed by atoms with Crippen LogP contribution in [0.25, 0.3) is 0 Å². The van der Waals surface area contributed by atoms with Crippen LogP contribution in [0.15, 0.2) is 12.7 Å². The molecule has 16 heavy (non-hydrogen) atoms. The number of aromatic nitrogens is 3. The Morgan fingerprint density at radius 3 is 2.75 bits per heavy atom. The van der Waals surface area contributed by atoms with Crippen LogP contribution in [0.5, 0.6) is 0 Å². The number of nitrogens with zero attached hydrogens (tertiary/aromatic N) is 4. The maximum absolute atomic E-state index is 12.0. The summed E-state index contributed by atoms with van der Waals surface area (Å²) in [6, 6.07) is 0. The molecule has 2 fully saturated rings. The average molecular weight is 221 g/mol. The van der Waals surface area contributed by atoms with Crippen molar-refractivity contribution in [3.8, 4) is 0 Å². The zero-order valence-corrected chi connectivity index (χ0v) is 9.04. The van der Waals surface area contributed by atoms with Crippen LogP contribution in [0.2, 0.25) is 0 Å². The Morgan fingerprint density at radius 2 is 2.12 bits per heavy atom. The first-order valence-corrected chi connectivity index (χ1v) is 5.64. The lowest BCUT2D eigenvalue weighted by molar-refractivity contribution is -0.131. The molecule has 2 aliphatic rings. The monoisotopic (exact) mass is 221 g/mol. The summed E-state index contributed by atoms with van der Waals surface area (Å²) in [5.74, 6) is 1.46. The van der Waals surface area contributed by atoms with E-state index in [1.54, 1.807) is 11.0 Å². The number of carbonyl (C=O) groups excluding carboxylic acids is 1. The van der Waals surface area contributed by atoms with Crippen LogP contribution in [0, 0.1) is 11.8 Å². The number of nitrogens with one attached hydrogen (secondary N) is 1. The van der Waals surface area contributed by atoms with Crippen molar-refractivity contribution in [2.24, 2.45) is 11.8 Å². The summed E-state index contributed by atoms with van der Waals surface area (Å²) >= 11 is 0. The molecule has 3 rings (SSSR count). The summed E-state index contributed by atoms with van der Waals surface area (Å²) in [5, 5.41) is 7.31. The molecule has 1 amide bonds. The molecule has 6 heteroatoms. The van der Waals surface area contributed by atoms with Crippen LogP contribution in [0.3, 0.4) is 0 Å². The van der Waals surface area contributed by atoms with E-state index in [0.717, 1.165) is 26.2 Å². The highest BCUT2D eigenvalue weighted by Gasteiger charge is 2.37. The summed E-state index contributed by atoms with van der Waals surface area (Å²) in [5.41, 5.74) is 0. The van der Waals surface area contributed by atoms with E-state index in [4.69, 9.17) is 0 Å². The highest BCUT2D eigenvalue weighted by Crippen LogP contribution is 2.26. The number of rotatable bonds is 2. The number of hydrogen-bond donors (Lipinski definition) is 1. The third-order valence-electron chi connectivity index (χ3n) is 3.51. The fourth-order valence-corrected chi connectivity index (χ4v) is 2.61. The van der Waals surface area contributed by atoms with Gasteiger partial charge in [0.25, 0.3) is 0 Å². The predicted molar refractivity (Wildman–Crippen MR) is 56.5 cm³/mol. The van der Waals surface area contributed by atoms with E-state index < -0.39 is 0 Å². The first-order valence-electron chi connectivity index (χ1n) is 5.64. The minimum atomic E-state index is 0.153. The topological polar surface area (TPSA) is 63.1 Å². The lowest BCUT2D eigenvalue weighted by Crippen LogP contribution is -2.34. The summed E-state index contributed by atoms with van der Waals surface area (Å²) in [7, 11) is 0. The van der Waals surface area contributed by atoms with Gasteiger partial charge in [0, 0.05) is 26.2 Å². The molecule has 2 saturated heterocycles. The molecule has 0 spiro atoms. The molecule has 6 nitrogen and oxygen atoms in total. The van der Waals surface area contributed by atoms with E-state index in [0.29, 0.717) is 18.4 Å². The Bertz CT molecular complexity index is 365. The standard InChI is InChI=1S/C10H15N5O/c16-10(5-15-7-12-6-13-15)14-3-8-1-11-2-9(8)4-14/h6-9,11H,1-5H2. The second kappa shape index (κ2) is 3.86. The van der Waals surface area contributed by atoms with Gasteiger partial charge in [-0.25, -0.2) is 9.67 Å². The van der Waals surface area contributed by atoms with Crippen molar-refractivity contribution in [2.45, 2.75) is 6.54 Å². The van der Waals surface area contributed by atoms with Crippen molar-refractivity contribution in [1.29, 1.82) is 0 Å². The van der Waals surface area contributed by atoms with Gasteiger partial charge in [0.05, 0.1) is 0 Å². The lowest BCUT2D eigenvalue weighted by atomic mass is 10.0. The Labute approximate surface area is 93.6 Å². The van der Waals surface area contributed by atoms with Crippen LogP contribution >= 0.6 is 0 Å². The molecule has 3 heterocycles. The van der Waals surface area contributed by atoms with Crippen molar-refractivity contribution in [1.82, 2.24) is 25.0 Å². The molecule has 2 aliphatic heterocycles. The number of likely N-dealkylation sites (tertiary alicyclic amines) is 1. The van der Waals surface area contributed by atoms with Crippen LogP contribution in [0.1, 0.15) is 0 Å². The molecule has 0 radical (unpaired) electrons. The molecular weight excluding hydrogens is 206 g/mol. The molecule has 2 atom stereocenters. The van der Waals surface area contributed by atoms with Gasteiger partial charge in [0.2, 0.25) is 5.91 Å².